The van der Waals surface area contributed by atoms with Gasteiger partial charge in [-0.25, -0.2) is 0 Å². The van der Waals surface area contributed by atoms with E-state index in [9.17, 15) is 9.35 Å². The molecular formula is C6H11NO3S. The lowest BCUT2D eigenvalue weighted by Gasteiger charge is -2.07. The third-order valence-corrected chi connectivity index (χ3v) is 2.21. The van der Waals surface area contributed by atoms with E-state index in [-0.39, 0.29) is 5.75 Å². The zero-order valence-corrected chi connectivity index (χ0v) is 7.00. The van der Waals surface area contributed by atoms with Crippen LogP contribution in [0, 0.1) is 0 Å². The zero-order chi connectivity index (χ0) is 8.85. The van der Waals surface area contributed by atoms with E-state index in [2.05, 4.69) is 0 Å². The van der Waals surface area contributed by atoms with Crippen LogP contribution in [0.3, 0.4) is 0 Å². The van der Waals surface area contributed by atoms with Crippen LogP contribution in [0.15, 0.2) is 11.5 Å². The summed E-state index contributed by atoms with van der Waals surface area (Å²) >= 11 is -1.26. The molecular weight excluding hydrogens is 166 g/mol. The van der Waals surface area contributed by atoms with Gasteiger partial charge >= 0.3 is 5.97 Å². The van der Waals surface area contributed by atoms with E-state index in [1.54, 1.807) is 13.0 Å². The Morgan fingerprint density at radius 2 is 2.45 bits per heavy atom. The van der Waals surface area contributed by atoms with Crippen molar-refractivity contribution in [3.8, 4) is 0 Å². The number of carboxylic acid groups (broad SMARTS) is 1. The van der Waals surface area contributed by atoms with Crippen molar-refractivity contribution < 1.29 is 14.5 Å². The molecule has 11 heavy (non-hydrogen) atoms. The number of aliphatic carboxylic acids is 1. The quantitative estimate of drug-likeness (QED) is 0.576. The number of nitrogens with two attached hydrogens (primary N) is 1. The van der Waals surface area contributed by atoms with Crippen LogP contribution in [-0.2, 0) is 16.0 Å². The Hall–Kier alpha value is -0.520. The van der Waals surface area contributed by atoms with Crippen molar-refractivity contribution in [2.24, 2.45) is 5.73 Å². The predicted octanol–water partition coefficient (Wildman–Crippen LogP) is -0.319. The fourth-order valence-corrected chi connectivity index (χ4v) is 1.37. The summed E-state index contributed by atoms with van der Waals surface area (Å²) in [6, 6.07) is -1.04. The molecule has 0 aromatic heterocycles. The highest BCUT2D eigenvalue weighted by Gasteiger charge is 2.17. The molecule has 5 heteroatoms. The number of carbonyl (C=O) groups is 1. The molecule has 0 spiro atoms. The summed E-state index contributed by atoms with van der Waals surface area (Å²) in [5.74, 6) is -1.15. The van der Waals surface area contributed by atoms with Crippen molar-refractivity contribution in [3.63, 3.8) is 0 Å². The van der Waals surface area contributed by atoms with Crippen LogP contribution in [0.5, 0.6) is 0 Å². The van der Waals surface area contributed by atoms with Gasteiger partial charge in [-0.3, -0.25) is 4.79 Å². The third-order valence-electron chi connectivity index (χ3n) is 0.949. The maximum absolute atomic E-state index is 10.8. The van der Waals surface area contributed by atoms with Crippen LogP contribution >= 0.6 is 0 Å². The van der Waals surface area contributed by atoms with Gasteiger partial charge in [-0.2, -0.15) is 0 Å². The molecule has 0 saturated carbocycles. The number of rotatable bonds is 4. The van der Waals surface area contributed by atoms with Gasteiger partial charge in [-0.05, 0) is 24.2 Å². The third kappa shape index (κ3) is 4.83. The smallest absolute Gasteiger partial charge is 0.325 e. The number of allylic oxidation sites excluding steroid dienone is 1. The van der Waals surface area contributed by atoms with E-state index < -0.39 is 23.2 Å². The largest absolute Gasteiger partial charge is 0.612 e. The minimum Gasteiger partial charge on any atom is -0.612 e. The second-order valence-electron chi connectivity index (χ2n) is 1.96. The highest BCUT2D eigenvalue weighted by atomic mass is 32.2. The SMILES string of the molecule is CC=C[S+]([O-])C[C@H](N)C(=O)O. The van der Waals surface area contributed by atoms with Gasteiger partial charge in [0, 0.05) is 0 Å². The maximum Gasteiger partial charge on any atom is 0.325 e. The summed E-state index contributed by atoms with van der Waals surface area (Å²) < 4.78 is 10.8. The summed E-state index contributed by atoms with van der Waals surface area (Å²) in [6.45, 7) is 1.71. The molecule has 0 rings (SSSR count). The highest BCUT2D eigenvalue weighted by molar-refractivity contribution is 7.94. The molecule has 2 atom stereocenters. The van der Waals surface area contributed by atoms with Gasteiger partial charge < -0.3 is 15.4 Å². The van der Waals surface area contributed by atoms with Crippen molar-refractivity contribution >= 4 is 17.1 Å². The number of carboxylic acids is 1. The first kappa shape index (κ1) is 10.5. The zero-order valence-electron chi connectivity index (χ0n) is 6.19. The van der Waals surface area contributed by atoms with E-state index in [1.807, 2.05) is 0 Å². The normalized spacial score (nSPS) is 16.6. The first-order valence-electron chi connectivity index (χ1n) is 3.06. The second-order valence-corrected chi connectivity index (χ2v) is 3.33. The van der Waals surface area contributed by atoms with Gasteiger partial charge in [0.2, 0.25) is 0 Å². The molecule has 0 amide bonds. The molecule has 0 radical (unpaired) electrons. The summed E-state index contributed by atoms with van der Waals surface area (Å²) in [4.78, 5) is 10.2. The molecule has 0 aliphatic rings. The van der Waals surface area contributed by atoms with Gasteiger partial charge in [0.05, 0.1) is 0 Å². The Morgan fingerprint density at radius 1 is 1.91 bits per heavy atom. The van der Waals surface area contributed by atoms with Crippen LogP contribution in [0.1, 0.15) is 6.92 Å². The molecule has 0 aliphatic heterocycles. The first-order valence-corrected chi connectivity index (χ1v) is 4.44. The lowest BCUT2D eigenvalue weighted by molar-refractivity contribution is -0.137. The Kier molecular flexibility index (Phi) is 4.93. The number of hydrogen-bond donors (Lipinski definition) is 2. The molecule has 0 heterocycles. The Bertz CT molecular complexity index is 160. The molecule has 0 bridgehead atoms. The molecule has 0 fully saturated rings. The molecule has 4 nitrogen and oxygen atoms in total. The van der Waals surface area contributed by atoms with E-state index in [0.29, 0.717) is 0 Å². The summed E-state index contributed by atoms with van der Waals surface area (Å²) in [7, 11) is 0. The van der Waals surface area contributed by atoms with Gasteiger partial charge in [0.15, 0.2) is 0 Å². The lowest BCUT2D eigenvalue weighted by atomic mass is 10.4. The molecule has 0 aliphatic carbocycles. The summed E-state index contributed by atoms with van der Waals surface area (Å²) in [5.41, 5.74) is 5.12. The van der Waals surface area contributed by atoms with Gasteiger partial charge in [-0.15, -0.1) is 0 Å². The molecule has 0 saturated heterocycles. The minimum atomic E-state index is -1.26. The van der Waals surface area contributed by atoms with Crippen molar-refractivity contribution in [2.75, 3.05) is 5.75 Å². The fraction of sp³-hybridized carbons (Fsp3) is 0.500. The van der Waals surface area contributed by atoms with Crippen LogP contribution in [0.2, 0.25) is 0 Å². The number of hydrogen-bond acceptors (Lipinski definition) is 3. The summed E-state index contributed by atoms with van der Waals surface area (Å²) in [6.07, 6.45) is 1.60. The average molecular weight is 177 g/mol. The van der Waals surface area contributed by atoms with Crippen molar-refractivity contribution in [2.45, 2.75) is 13.0 Å². The van der Waals surface area contributed by atoms with Crippen molar-refractivity contribution in [1.82, 2.24) is 0 Å². The second kappa shape index (κ2) is 5.17. The Morgan fingerprint density at radius 3 is 2.82 bits per heavy atom. The van der Waals surface area contributed by atoms with Crippen molar-refractivity contribution in [3.05, 3.63) is 11.5 Å². The van der Waals surface area contributed by atoms with Crippen LogP contribution < -0.4 is 5.73 Å². The highest BCUT2D eigenvalue weighted by Crippen LogP contribution is 1.95. The van der Waals surface area contributed by atoms with E-state index in [4.69, 9.17) is 10.8 Å². The lowest BCUT2D eigenvalue weighted by Crippen LogP contribution is -2.36. The van der Waals surface area contributed by atoms with Crippen LogP contribution in [0.4, 0.5) is 0 Å². The van der Waals surface area contributed by atoms with Crippen molar-refractivity contribution in [1.29, 1.82) is 0 Å². The standard InChI is InChI=1S/C6H11NO3S/c1-2-3-11(10)4-5(7)6(8)9/h2-3,5H,4,7H2,1H3,(H,8,9)/t5-,11?/m0/s1. The first-order chi connectivity index (χ1) is 5.07. The molecule has 1 unspecified atom stereocenters. The monoisotopic (exact) mass is 177 g/mol. The molecule has 0 aromatic carbocycles. The minimum absolute atomic E-state index is 0.0281. The maximum atomic E-state index is 10.8. The molecule has 64 valence electrons. The van der Waals surface area contributed by atoms with E-state index in [1.165, 1.54) is 5.41 Å². The molecule has 3 N–H and O–H groups in total. The van der Waals surface area contributed by atoms with Crippen LogP contribution in [-0.4, -0.2) is 27.4 Å². The van der Waals surface area contributed by atoms with E-state index >= 15 is 0 Å². The summed E-state index contributed by atoms with van der Waals surface area (Å²) in [5, 5.41) is 9.74. The van der Waals surface area contributed by atoms with Gasteiger partial charge in [0.1, 0.15) is 17.2 Å². The Balaban J connectivity index is 3.74. The Labute approximate surface area is 68.3 Å². The van der Waals surface area contributed by atoms with Gasteiger partial charge in [0.25, 0.3) is 0 Å². The predicted molar refractivity (Wildman–Crippen MR) is 43.4 cm³/mol. The topological polar surface area (TPSA) is 86.4 Å². The van der Waals surface area contributed by atoms with Gasteiger partial charge in [-0.1, -0.05) is 0 Å². The van der Waals surface area contributed by atoms with E-state index in [0.717, 1.165) is 0 Å². The average Bonchev–Trinajstić information content (AvgIpc) is 1.87. The van der Waals surface area contributed by atoms with Crippen LogP contribution in [0.25, 0.3) is 0 Å². The molecule has 0 aromatic rings. The fourth-order valence-electron chi connectivity index (χ4n) is 0.456.